The topological polar surface area (TPSA) is 89.0 Å². The molecule has 2 N–H and O–H groups in total. The number of nitrogens with zero attached hydrogens (tertiary/aromatic N) is 3. The van der Waals surface area contributed by atoms with Crippen molar-refractivity contribution in [3.8, 4) is 5.75 Å². The minimum absolute atomic E-state index is 0.284. The summed E-state index contributed by atoms with van der Waals surface area (Å²) in [6.45, 7) is 3.72. The van der Waals surface area contributed by atoms with Gasteiger partial charge >= 0.3 is 0 Å². The van der Waals surface area contributed by atoms with E-state index in [-0.39, 0.29) is 5.91 Å². The van der Waals surface area contributed by atoms with Crippen LogP contribution >= 0.6 is 11.3 Å². The standard InChI is InChI=1S/C17H17N5O2S/c1-10-6-12(4-5-19-10)21-16(23)15-17(25-11(2)20-15)22-13-7-14(24-3)9-18-8-13/h4-9,22H,1-3H3,(H,19,21,23). The highest BCUT2D eigenvalue weighted by Crippen LogP contribution is 2.29. The van der Waals surface area contributed by atoms with Gasteiger partial charge in [0.05, 0.1) is 30.2 Å². The molecule has 0 aromatic carbocycles. The van der Waals surface area contributed by atoms with E-state index >= 15 is 0 Å². The third-order valence-electron chi connectivity index (χ3n) is 3.31. The number of aryl methyl sites for hydroxylation is 2. The van der Waals surface area contributed by atoms with Crippen molar-refractivity contribution in [3.05, 3.63) is 53.2 Å². The molecule has 0 aliphatic rings. The van der Waals surface area contributed by atoms with Gasteiger partial charge in [0, 0.05) is 23.6 Å². The number of hydrogen-bond acceptors (Lipinski definition) is 7. The van der Waals surface area contributed by atoms with E-state index in [1.807, 2.05) is 13.8 Å². The molecule has 0 fully saturated rings. The summed E-state index contributed by atoms with van der Waals surface area (Å²) in [5, 5.41) is 7.47. The van der Waals surface area contributed by atoms with Gasteiger partial charge in [-0.05, 0) is 26.0 Å². The SMILES string of the molecule is COc1cncc(Nc2sc(C)nc2C(=O)Nc2ccnc(C)c2)c1. The fourth-order valence-corrected chi connectivity index (χ4v) is 3.05. The predicted octanol–water partition coefficient (Wildman–Crippen LogP) is 3.55. The predicted molar refractivity (Wildman–Crippen MR) is 97.8 cm³/mol. The average Bonchev–Trinajstić information content (AvgIpc) is 2.95. The minimum Gasteiger partial charge on any atom is -0.495 e. The number of rotatable bonds is 5. The molecule has 1 amide bonds. The van der Waals surface area contributed by atoms with E-state index in [0.717, 1.165) is 16.4 Å². The molecule has 3 heterocycles. The fourth-order valence-electron chi connectivity index (χ4n) is 2.21. The van der Waals surface area contributed by atoms with Gasteiger partial charge in [0.25, 0.3) is 5.91 Å². The average molecular weight is 355 g/mol. The van der Waals surface area contributed by atoms with Gasteiger partial charge < -0.3 is 15.4 Å². The molecule has 0 saturated carbocycles. The van der Waals surface area contributed by atoms with Crippen LogP contribution in [0, 0.1) is 13.8 Å². The first-order valence-corrected chi connectivity index (χ1v) is 8.34. The lowest BCUT2D eigenvalue weighted by Gasteiger charge is -2.08. The van der Waals surface area contributed by atoms with Gasteiger partial charge in [0.2, 0.25) is 0 Å². The Morgan fingerprint density at radius 3 is 2.80 bits per heavy atom. The molecule has 3 aromatic rings. The fraction of sp³-hybridized carbons (Fsp3) is 0.176. The summed E-state index contributed by atoms with van der Waals surface area (Å²) >= 11 is 1.40. The molecule has 0 atom stereocenters. The highest BCUT2D eigenvalue weighted by atomic mass is 32.1. The van der Waals surface area contributed by atoms with Crippen LogP contribution in [-0.4, -0.2) is 28.0 Å². The Morgan fingerprint density at radius 1 is 1.20 bits per heavy atom. The Balaban J connectivity index is 1.83. The Bertz CT molecular complexity index is 910. The lowest BCUT2D eigenvalue weighted by atomic mass is 10.3. The largest absolute Gasteiger partial charge is 0.495 e. The summed E-state index contributed by atoms with van der Waals surface area (Å²) in [7, 11) is 1.58. The number of nitrogens with one attached hydrogen (secondary N) is 2. The number of thiazole rings is 1. The molecule has 0 unspecified atom stereocenters. The number of amides is 1. The summed E-state index contributed by atoms with van der Waals surface area (Å²) in [6.07, 6.45) is 4.92. The van der Waals surface area contributed by atoms with Crippen LogP contribution in [0.5, 0.6) is 5.75 Å². The molecule has 25 heavy (non-hydrogen) atoms. The molecule has 128 valence electrons. The zero-order chi connectivity index (χ0) is 17.8. The van der Waals surface area contributed by atoms with Crippen LogP contribution < -0.4 is 15.4 Å². The third-order valence-corrected chi connectivity index (χ3v) is 4.20. The van der Waals surface area contributed by atoms with Gasteiger partial charge in [0.15, 0.2) is 5.69 Å². The number of methoxy groups -OCH3 is 1. The first-order valence-electron chi connectivity index (χ1n) is 7.52. The third kappa shape index (κ3) is 4.10. The van der Waals surface area contributed by atoms with Crippen LogP contribution in [0.2, 0.25) is 0 Å². The summed E-state index contributed by atoms with van der Waals surface area (Å²) in [5.41, 5.74) is 2.56. The molecule has 3 aromatic heterocycles. The normalized spacial score (nSPS) is 10.4. The number of pyridine rings is 2. The monoisotopic (exact) mass is 355 g/mol. The van der Waals surface area contributed by atoms with E-state index in [9.17, 15) is 4.79 Å². The highest BCUT2D eigenvalue weighted by molar-refractivity contribution is 7.16. The molecule has 7 nitrogen and oxygen atoms in total. The second-order valence-electron chi connectivity index (χ2n) is 5.29. The van der Waals surface area contributed by atoms with E-state index in [1.54, 1.807) is 43.9 Å². The molecular weight excluding hydrogens is 338 g/mol. The van der Waals surface area contributed by atoms with Gasteiger partial charge in [-0.2, -0.15) is 0 Å². The number of ether oxygens (including phenoxy) is 1. The second-order valence-corrected chi connectivity index (χ2v) is 6.49. The second kappa shape index (κ2) is 7.27. The maximum absolute atomic E-state index is 12.6. The molecule has 0 bridgehead atoms. The van der Waals surface area contributed by atoms with Gasteiger partial charge in [-0.3, -0.25) is 14.8 Å². The van der Waals surface area contributed by atoms with E-state index in [0.29, 0.717) is 22.1 Å². The quantitative estimate of drug-likeness (QED) is 0.727. The molecule has 0 spiro atoms. The van der Waals surface area contributed by atoms with Crippen LogP contribution in [0.1, 0.15) is 21.2 Å². The smallest absolute Gasteiger partial charge is 0.277 e. The van der Waals surface area contributed by atoms with E-state index in [4.69, 9.17) is 4.74 Å². The maximum Gasteiger partial charge on any atom is 0.277 e. The summed E-state index contributed by atoms with van der Waals surface area (Å²) in [6, 6.07) is 5.34. The number of anilines is 3. The molecule has 3 rings (SSSR count). The number of carbonyl (C=O) groups is 1. The van der Waals surface area contributed by atoms with Crippen LogP contribution in [0.3, 0.4) is 0 Å². The van der Waals surface area contributed by atoms with E-state index < -0.39 is 0 Å². The van der Waals surface area contributed by atoms with Crippen LogP contribution in [0.4, 0.5) is 16.4 Å². The Morgan fingerprint density at radius 2 is 2.04 bits per heavy atom. The van der Waals surface area contributed by atoms with Crippen LogP contribution in [-0.2, 0) is 0 Å². The molecule has 0 aliphatic heterocycles. The van der Waals surface area contributed by atoms with Gasteiger partial charge in [0.1, 0.15) is 10.8 Å². The maximum atomic E-state index is 12.6. The first kappa shape index (κ1) is 16.8. The first-order chi connectivity index (χ1) is 12.0. The van der Waals surface area contributed by atoms with Crippen molar-refractivity contribution in [1.82, 2.24) is 15.0 Å². The Kier molecular flexibility index (Phi) is 4.90. The van der Waals surface area contributed by atoms with E-state index in [2.05, 4.69) is 25.6 Å². The molecule has 0 saturated heterocycles. The van der Waals surface area contributed by atoms with Gasteiger partial charge in [-0.1, -0.05) is 0 Å². The zero-order valence-electron chi connectivity index (χ0n) is 14.0. The minimum atomic E-state index is -0.284. The molecule has 8 heteroatoms. The zero-order valence-corrected chi connectivity index (χ0v) is 14.8. The van der Waals surface area contributed by atoms with Crippen molar-refractivity contribution in [2.75, 3.05) is 17.7 Å². The van der Waals surface area contributed by atoms with Crippen LogP contribution in [0.25, 0.3) is 0 Å². The lowest BCUT2D eigenvalue weighted by Crippen LogP contribution is -2.14. The molecule has 0 radical (unpaired) electrons. The van der Waals surface area contributed by atoms with Crippen molar-refractivity contribution in [1.29, 1.82) is 0 Å². The molecular formula is C17H17N5O2S. The van der Waals surface area contributed by atoms with Crippen molar-refractivity contribution in [2.45, 2.75) is 13.8 Å². The summed E-state index contributed by atoms with van der Waals surface area (Å²) in [5.74, 6) is 0.345. The molecule has 0 aliphatic carbocycles. The number of hydrogen-bond donors (Lipinski definition) is 2. The Labute approximate surface area is 149 Å². The van der Waals surface area contributed by atoms with Crippen molar-refractivity contribution >= 4 is 33.6 Å². The van der Waals surface area contributed by atoms with Crippen molar-refractivity contribution in [2.24, 2.45) is 0 Å². The highest BCUT2D eigenvalue weighted by Gasteiger charge is 2.18. The number of aromatic nitrogens is 3. The van der Waals surface area contributed by atoms with Crippen LogP contribution in [0.15, 0.2) is 36.8 Å². The van der Waals surface area contributed by atoms with Gasteiger partial charge in [-0.25, -0.2) is 4.98 Å². The summed E-state index contributed by atoms with van der Waals surface area (Å²) in [4.78, 5) is 25.2. The van der Waals surface area contributed by atoms with Crippen molar-refractivity contribution < 1.29 is 9.53 Å². The Hall–Kier alpha value is -3.00. The van der Waals surface area contributed by atoms with E-state index in [1.165, 1.54) is 11.3 Å². The van der Waals surface area contributed by atoms with Crippen molar-refractivity contribution in [3.63, 3.8) is 0 Å². The summed E-state index contributed by atoms with van der Waals surface area (Å²) < 4.78 is 5.17. The lowest BCUT2D eigenvalue weighted by molar-refractivity contribution is 0.102. The number of carbonyl (C=O) groups excluding carboxylic acids is 1. The van der Waals surface area contributed by atoms with Gasteiger partial charge in [-0.15, -0.1) is 11.3 Å².